The number of rotatable bonds is 11. The number of piperidine rings is 1. The van der Waals surface area contributed by atoms with E-state index < -0.39 is 17.5 Å². The smallest absolute Gasteiger partial charge is 0.127 e. The lowest BCUT2D eigenvalue weighted by Crippen LogP contribution is -2.49. The number of hydrogen-bond donors (Lipinski definition) is 2. The highest BCUT2D eigenvalue weighted by atomic mass is 35.5. The molecule has 0 aliphatic carbocycles. The van der Waals surface area contributed by atoms with Gasteiger partial charge in [0.25, 0.3) is 0 Å². The van der Waals surface area contributed by atoms with Gasteiger partial charge in [-0.05, 0) is 43.0 Å². The zero-order chi connectivity index (χ0) is 23.8. The van der Waals surface area contributed by atoms with Gasteiger partial charge >= 0.3 is 0 Å². The van der Waals surface area contributed by atoms with Gasteiger partial charge in [0.05, 0.1) is 20.3 Å². The number of aliphatic hydroxyl groups excluding tert-OH is 1. The second-order valence-electron chi connectivity index (χ2n) is 8.33. The summed E-state index contributed by atoms with van der Waals surface area (Å²) in [5.41, 5.74) is 7.66. The van der Waals surface area contributed by atoms with Crippen LogP contribution >= 0.6 is 24.0 Å². The van der Waals surface area contributed by atoms with Crippen LogP contribution < -0.4 is 19.9 Å². The van der Waals surface area contributed by atoms with Crippen LogP contribution in [-0.4, -0.2) is 61.2 Å². The minimum Gasteiger partial charge on any atom is -0.497 e. The molecule has 34 heavy (non-hydrogen) atoms. The van der Waals surface area contributed by atoms with E-state index in [9.17, 15) is 9.90 Å². The number of carbonyl (C=O) groups is 1. The van der Waals surface area contributed by atoms with Crippen LogP contribution in [0.3, 0.4) is 0 Å². The fourth-order valence-corrected chi connectivity index (χ4v) is 4.39. The topological polar surface area (TPSA) is 94.2 Å². The molecule has 3 unspecified atom stereocenters. The summed E-state index contributed by atoms with van der Waals surface area (Å²) in [5, 5.41) is 9.73. The molecule has 1 aliphatic heterocycles. The first kappa shape index (κ1) is 28.2. The van der Waals surface area contributed by atoms with Crippen LogP contribution in [-0.2, 0) is 11.4 Å². The summed E-state index contributed by atoms with van der Waals surface area (Å²) in [6.07, 6.45) is 2.37. The van der Waals surface area contributed by atoms with Crippen LogP contribution in [0, 0.1) is 0 Å². The fraction of sp³-hybridized carbons (Fsp3) is 0.480. The number of para-hydroxylation sites is 1. The molecule has 7 nitrogen and oxygen atoms in total. The molecule has 0 bridgehead atoms. The number of nitrogens with zero attached hydrogens (tertiary/aromatic N) is 1. The second-order valence-corrected chi connectivity index (χ2v) is 8.78. The number of alkyl halides is 1. The highest BCUT2D eigenvalue weighted by Gasteiger charge is 2.29. The molecule has 0 aromatic heterocycles. The zero-order valence-electron chi connectivity index (χ0n) is 19.6. The summed E-state index contributed by atoms with van der Waals surface area (Å²) >= 11 is 6.63. The lowest BCUT2D eigenvalue weighted by molar-refractivity contribution is -0.109. The van der Waals surface area contributed by atoms with Crippen LogP contribution in [0.4, 0.5) is 0 Å². The summed E-state index contributed by atoms with van der Waals surface area (Å²) in [6.45, 7) is 1.67. The zero-order valence-corrected chi connectivity index (χ0v) is 21.1. The van der Waals surface area contributed by atoms with Crippen LogP contribution in [0.25, 0.3) is 0 Å². The molecule has 0 amide bonds. The van der Waals surface area contributed by atoms with Crippen LogP contribution in [0.2, 0.25) is 0 Å². The maximum absolute atomic E-state index is 12.0. The van der Waals surface area contributed by atoms with Crippen molar-refractivity contribution in [2.24, 2.45) is 5.73 Å². The summed E-state index contributed by atoms with van der Waals surface area (Å²) in [4.78, 5) is 14.1. The molecular formula is C25H34Cl2N2O5. The first-order valence-electron chi connectivity index (χ1n) is 11.2. The minimum atomic E-state index is -0.451. The van der Waals surface area contributed by atoms with E-state index >= 15 is 0 Å². The van der Waals surface area contributed by atoms with E-state index in [4.69, 9.17) is 31.5 Å². The van der Waals surface area contributed by atoms with Gasteiger partial charge in [-0.25, -0.2) is 0 Å². The molecular weight excluding hydrogens is 479 g/mol. The van der Waals surface area contributed by atoms with Gasteiger partial charge in [0.1, 0.15) is 35.6 Å². The number of aliphatic hydroxyl groups is 1. The molecule has 2 aromatic rings. The quantitative estimate of drug-likeness (QED) is 0.269. The van der Waals surface area contributed by atoms with Gasteiger partial charge in [0.2, 0.25) is 0 Å². The number of likely N-dealkylation sites (tertiary alicyclic amines) is 1. The molecule has 1 heterocycles. The van der Waals surface area contributed by atoms with Crippen molar-refractivity contribution in [1.29, 1.82) is 0 Å². The number of methoxy groups -OCH3 is 2. The van der Waals surface area contributed by atoms with Gasteiger partial charge in [0, 0.05) is 36.7 Å². The van der Waals surface area contributed by atoms with Gasteiger partial charge in [-0.2, -0.15) is 0 Å². The summed E-state index contributed by atoms with van der Waals surface area (Å²) in [5.74, 6) is 1.52. The predicted molar refractivity (Wildman–Crippen MR) is 135 cm³/mol. The van der Waals surface area contributed by atoms with Gasteiger partial charge in [-0.1, -0.05) is 18.2 Å². The highest BCUT2D eigenvalue weighted by molar-refractivity contribution is 6.20. The first-order chi connectivity index (χ1) is 15.9. The number of carbonyl (C=O) groups excluding carboxylic acids is 1. The van der Waals surface area contributed by atoms with E-state index in [0.717, 1.165) is 17.4 Å². The van der Waals surface area contributed by atoms with Crippen molar-refractivity contribution in [2.75, 3.05) is 27.3 Å². The van der Waals surface area contributed by atoms with Crippen molar-refractivity contribution < 1.29 is 24.1 Å². The van der Waals surface area contributed by atoms with Gasteiger partial charge < -0.3 is 29.8 Å². The van der Waals surface area contributed by atoms with E-state index in [2.05, 4.69) is 4.90 Å². The average Bonchev–Trinajstić information content (AvgIpc) is 2.85. The molecule has 2 aromatic carbocycles. The Morgan fingerprint density at radius 2 is 1.76 bits per heavy atom. The van der Waals surface area contributed by atoms with Crippen LogP contribution in [0.15, 0.2) is 42.5 Å². The number of ether oxygens (including phenoxy) is 3. The Kier molecular flexibility index (Phi) is 11.4. The Balaban J connectivity index is 0.00000408. The number of nitrogens with two attached hydrogens (primary N) is 1. The summed E-state index contributed by atoms with van der Waals surface area (Å²) < 4.78 is 16.7. The van der Waals surface area contributed by atoms with Crippen molar-refractivity contribution in [1.82, 2.24) is 4.90 Å². The monoisotopic (exact) mass is 512 g/mol. The first-order valence-corrected chi connectivity index (χ1v) is 11.6. The van der Waals surface area contributed by atoms with Crippen molar-refractivity contribution in [3.8, 4) is 17.2 Å². The van der Waals surface area contributed by atoms with Crippen molar-refractivity contribution in [3.05, 3.63) is 53.6 Å². The Bertz CT molecular complexity index is 886. The molecule has 9 heteroatoms. The molecule has 0 radical (unpaired) electrons. The van der Waals surface area contributed by atoms with E-state index in [0.29, 0.717) is 49.6 Å². The number of aldehydes is 1. The van der Waals surface area contributed by atoms with Gasteiger partial charge in [-0.3, -0.25) is 4.90 Å². The average molecular weight is 513 g/mol. The molecule has 188 valence electrons. The third-order valence-electron chi connectivity index (χ3n) is 6.02. The molecule has 3 N–H and O–H groups in total. The Morgan fingerprint density at radius 1 is 1.15 bits per heavy atom. The van der Waals surface area contributed by atoms with E-state index in [1.807, 2.05) is 36.4 Å². The van der Waals surface area contributed by atoms with Crippen LogP contribution in [0.5, 0.6) is 17.2 Å². The Morgan fingerprint density at radius 3 is 2.35 bits per heavy atom. The predicted octanol–water partition coefficient (Wildman–Crippen LogP) is 3.73. The summed E-state index contributed by atoms with van der Waals surface area (Å²) in [6, 6.07) is 12.6. The third-order valence-corrected chi connectivity index (χ3v) is 6.62. The SMILES string of the molecule is COc1cc(COc2ccccc2C(C=O)CC(N)C(Cl)N2CCC(O)CC2)cc(OC)c1.Cl. The molecule has 1 fully saturated rings. The number of benzene rings is 2. The maximum Gasteiger partial charge on any atom is 0.127 e. The van der Waals surface area contributed by atoms with Crippen molar-refractivity contribution in [2.45, 2.75) is 49.4 Å². The Labute approximate surface area is 212 Å². The van der Waals surface area contributed by atoms with Crippen LogP contribution in [0.1, 0.15) is 36.3 Å². The third kappa shape index (κ3) is 7.48. The number of halogens is 2. The molecule has 0 spiro atoms. The normalized spacial score (nSPS) is 17.2. The Hall–Kier alpha value is -2.03. The fourth-order valence-electron chi connectivity index (χ4n) is 4.09. The van der Waals surface area contributed by atoms with Gasteiger partial charge in [0.15, 0.2) is 0 Å². The van der Waals surface area contributed by atoms with E-state index in [1.54, 1.807) is 20.3 Å². The molecule has 3 rings (SSSR count). The lowest BCUT2D eigenvalue weighted by atomic mass is 9.92. The standard InChI is InChI=1S/C25H33ClN2O5.ClH/c1-31-20-11-17(12-21(14-20)32-2)16-33-24-6-4-3-5-22(24)18(15-29)13-23(27)25(26)28-9-7-19(30)8-10-28;/h3-6,11-12,14-15,18-19,23,25,30H,7-10,13,16,27H2,1-2H3;1H. The molecule has 1 aliphatic rings. The van der Waals surface area contributed by atoms with Gasteiger partial charge in [-0.15, -0.1) is 24.0 Å². The minimum absolute atomic E-state index is 0. The second kappa shape index (κ2) is 13.8. The van der Waals surface area contributed by atoms with E-state index in [-0.39, 0.29) is 25.1 Å². The molecule has 0 saturated carbocycles. The molecule has 1 saturated heterocycles. The molecule has 3 atom stereocenters. The summed E-state index contributed by atoms with van der Waals surface area (Å²) in [7, 11) is 3.20. The van der Waals surface area contributed by atoms with Crippen molar-refractivity contribution >= 4 is 30.3 Å². The number of hydrogen-bond acceptors (Lipinski definition) is 7. The lowest BCUT2D eigenvalue weighted by Gasteiger charge is -2.36. The highest BCUT2D eigenvalue weighted by Crippen LogP contribution is 2.31. The van der Waals surface area contributed by atoms with Crippen molar-refractivity contribution in [3.63, 3.8) is 0 Å². The maximum atomic E-state index is 12.0. The largest absolute Gasteiger partial charge is 0.497 e. The van der Waals surface area contributed by atoms with E-state index in [1.165, 1.54) is 0 Å².